The third kappa shape index (κ3) is 6.57. The van der Waals surface area contributed by atoms with Crippen molar-refractivity contribution in [1.82, 2.24) is 0 Å². The fourth-order valence-corrected chi connectivity index (χ4v) is 8.71. The highest BCUT2D eigenvalue weighted by molar-refractivity contribution is 5.93. The van der Waals surface area contributed by atoms with Gasteiger partial charge in [-0.3, -0.25) is 0 Å². The van der Waals surface area contributed by atoms with Gasteiger partial charge in [0.15, 0.2) is 23.0 Å². The van der Waals surface area contributed by atoms with E-state index in [4.69, 9.17) is 18.9 Å². The van der Waals surface area contributed by atoms with Crippen LogP contribution in [-0.2, 0) is 11.2 Å². The molecule has 0 unspecified atom stereocenters. The summed E-state index contributed by atoms with van der Waals surface area (Å²) in [4.78, 5) is 0. The van der Waals surface area contributed by atoms with E-state index >= 15 is 0 Å². The molecule has 7 rings (SSSR count). The SMILES string of the molecule is CCCOc1cc2cc3c(cc2cc1OCCC)C(O)(c1c(C)cccc1C)c1cc2cc(OCCC)c(OCCC)cc2cc1C3(O)c1c(C)cccc1C. The molecule has 292 valence electrons. The molecule has 1 aliphatic rings. The zero-order valence-corrected chi connectivity index (χ0v) is 34.3. The van der Waals surface area contributed by atoms with Gasteiger partial charge >= 0.3 is 0 Å². The molecule has 0 atom stereocenters. The fourth-order valence-electron chi connectivity index (χ4n) is 8.71. The van der Waals surface area contributed by atoms with Crippen LogP contribution in [0.2, 0.25) is 0 Å². The van der Waals surface area contributed by atoms with Crippen LogP contribution < -0.4 is 18.9 Å². The molecule has 0 spiro atoms. The summed E-state index contributed by atoms with van der Waals surface area (Å²) in [5.41, 5.74) is 4.55. The molecule has 0 saturated heterocycles. The van der Waals surface area contributed by atoms with Gasteiger partial charge in [0.2, 0.25) is 0 Å². The van der Waals surface area contributed by atoms with Crippen molar-refractivity contribution < 1.29 is 29.2 Å². The van der Waals surface area contributed by atoms with Crippen LogP contribution in [0.1, 0.15) is 109 Å². The van der Waals surface area contributed by atoms with E-state index in [9.17, 15) is 10.2 Å². The average Bonchev–Trinajstić information content (AvgIpc) is 3.18. The molecule has 0 saturated carbocycles. The predicted octanol–water partition coefficient (Wildman–Crippen LogP) is 11.3. The summed E-state index contributed by atoms with van der Waals surface area (Å²) in [6.07, 6.45) is 3.42. The Balaban J connectivity index is 1.65. The van der Waals surface area contributed by atoms with E-state index in [1.807, 2.05) is 36.4 Å². The third-order valence-corrected chi connectivity index (χ3v) is 11.2. The van der Waals surface area contributed by atoms with Gasteiger partial charge in [-0.1, -0.05) is 64.1 Å². The lowest BCUT2D eigenvalue weighted by atomic mass is 9.61. The van der Waals surface area contributed by atoms with Crippen molar-refractivity contribution in [3.8, 4) is 23.0 Å². The molecule has 6 aromatic carbocycles. The first kappa shape index (κ1) is 39.2. The Labute approximate surface area is 332 Å². The summed E-state index contributed by atoms with van der Waals surface area (Å²) in [6, 6.07) is 28.6. The molecule has 0 radical (unpaired) electrons. The van der Waals surface area contributed by atoms with Gasteiger partial charge in [-0.2, -0.15) is 0 Å². The number of ether oxygens (including phenoxy) is 4. The van der Waals surface area contributed by atoms with Gasteiger partial charge in [-0.05, 0) is 157 Å². The summed E-state index contributed by atoms with van der Waals surface area (Å²) < 4.78 is 25.1. The predicted molar refractivity (Wildman–Crippen MR) is 227 cm³/mol. The van der Waals surface area contributed by atoms with Crippen molar-refractivity contribution in [3.63, 3.8) is 0 Å². The normalized spacial score (nSPS) is 17.5. The molecular formula is C50H56O6. The topological polar surface area (TPSA) is 77.4 Å². The van der Waals surface area contributed by atoms with E-state index in [0.717, 1.165) is 80.6 Å². The smallest absolute Gasteiger partial charge is 0.161 e. The van der Waals surface area contributed by atoms with Gasteiger partial charge in [0.05, 0.1) is 26.4 Å². The van der Waals surface area contributed by atoms with E-state index in [1.165, 1.54) is 0 Å². The van der Waals surface area contributed by atoms with Crippen molar-refractivity contribution in [3.05, 3.63) is 141 Å². The monoisotopic (exact) mass is 752 g/mol. The van der Waals surface area contributed by atoms with E-state index in [-0.39, 0.29) is 0 Å². The van der Waals surface area contributed by atoms with Crippen LogP contribution in [0.25, 0.3) is 21.5 Å². The number of benzene rings is 6. The van der Waals surface area contributed by atoms with Crippen molar-refractivity contribution in [1.29, 1.82) is 0 Å². The highest BCUT2D eigenvalue weighted by atomic mass is 16.5. The maximum Gasteiger partial charge on any atom is 0.161 e. The number of hydrogen-bond acceptors (Lipinski definition) is 6. The van der Waals surface area contributed by atoms with Crippen LogP contribution in [0.3, 0.4) is 0 Å². The summed E-state index contributed by atoms with van der Waals surface area (Å²) in [7, 11) is 0. The molecule has 0 aromatic heterocycles. The number of aliphatic hydroxyl groups is 2. The van der Waals surface area contributed by atoms with Gasteiger partial charge in [-0.25, -0.2) is 0 Å². The van der Waals surface area contributed by atoms with Crippen LogP contribution in [0.15, 0.2) is 84.9 Å². The van der Waals surface area contributed by atoms with Gasteiger partial charge in [0.1, 0.15) is 11.2 Å². The van der Waals surface area contributed by atoms with Gasteiger partial charge in [0, 0.05) is 22.3 Å². The minimum absolute atomic E-state index is 0.549. The van der Waals surface area contributed by atoms with Crippen LogP contribution in [0.4, 0.5) is 0 Å². The minimum atomic E-state index is -1.66. The summed E-state index contributed by atoms with van der Waals surface area (Å²) in [5, 5.41) is 31.5. The molecule has 6 heteroatoms. The van der Waals surface area contributed by atoms with E-state index in [1.54, 1.807) is 0 Å². The first-order valence-corrected chi connectivity index (χ1v) is 20.4. The Morgan fingerprint density at radius 3 is 0.839 bits per heavy atom. The minimum Gasteiger partial charge on any atom is -0.490 e. The molecule has 56 heavy (non-hydrogen) atoms. The Hall–Kier alpha value is -5.04. The zero-order chi connectivity index (χ0) is 39.8. The molecule has 0 aliphatic heterocycles. The van der Waals surface area contributed by atoms with Gasteiger partial charge < -0.3 is 29.2 Å². The van der Waals surface area contributed by atoms with Crippen LogP contribution in [0.5, 0.6) is 23.0 Å². The maximum absolute atomic E-state index is 14.0. The van der Waals surface area contributed by atoms with Crippen molar-refractivity contribution in [2.24, 2.45) is 0 Å². The molecule has 2 N–H and O–H groups in total. The number of rotatable bonds is 14. The first-order chi connectivity index (χ1) is 27.0. The second-order valence-corrected chi connectivity index (χ2v) is 15.4. The molecule has 0 bridgehead atoms. The molecule has 6 aromatic rings. The van der Waals surface area contributed by atoms with E-state index in [2.05, 4.69) is 104 Å². The van der Waals surface area contributed by atoms with E-state index in [0.29, 0.717) is 71.7 Å². The molecular weight excluding hydrogens is 697 g/mol. The second kappa shape index (κ2) is 15.8. The second-order valence-electron chi connectivity index (χ2n) is 15.4. The number of aryl methyl sites for hydroxylation is 4. The quantitative estimate of drug-likeness (QED) is 0.115. The lowest BCUT2D eigenvalue weighted by molar-refractivity contribution is 0.0739. The average molecular weight is 753 g/mol. The molecule has 0 fully saturated rings. The Morgan fingerprint density at radius 2 is 0.625 bits per heavy atom. The van der Waals surface area contributed by atoms with Crippen LogP contribution in [0, 0.1) is 27.7 Å². The van der Waals surface area contributed by atoms with Crippen molar-refractivity contribution >= 4 is 21.5 Å². The standard InChI is InChI=1S/C50H56O6/c1-9-19-53-43-27-35-23-39-40(24-36(35)28-44(43)54-20-10-2)50(52,48-33(7)17-14-18-34(48)8)42-26-38-30-46(56-22-12-4)45(55-21-11-3)29-37(38)25-41(42)49(39,51)47-31(5)15-13-16-32(47)6/h13-18,23-30,51-52H,9-12,19-22H2,1-8H3. The Morgan fingerprint density at radius 1 is 0.393 bits per heavy atom. The van der Waals surface area contributed by atoms with Gasteiger partial charge in [0.25, 0.3) is 0 Å². The van der Waals surface area contributed by atoms with Crippen molar-refractivity contribution in [2.45, 2.75) is 92.3 Å². The number of fused-ring (bicyclic) bond motifs is 4. The lowest BCUT2D eigenvalue weighted by Crippen LogP contribution is -2.45. The van der Waals surface area contributed by atoms with Crippen LogP contribution in [-0.4, -0.2) is 36.6 Å². The molecule has 0 amide bonds. The first-order valence-electron chi connectivity index (χ1n) is 20.4. The Bertz CT molecular complexity index is 2090. The van der Waals surface area contributed by atoms with Crippen LogP contribution >= 0.6 is 0 Å². The summed E-state index contributed by atoms with van der Waals surface area (Å²) in [6.45, 7) is 18.7. The summed E-state index contributed by atoms with van der Waals surface area (Å²) >= 11 is 0. The third-order valence-electron chi connectivity index (χ3n) is 11.2. The zero-order valence-electron chi connectivity index (χ0n) is 34.3. The largest absolute Gasteiger partial charge is 0.490 e. The summed E-state index contributed by atoms with van der Waals surface area (Å²) in [5.74, 6) is 2.65. The fraction of sp³-hybridized carbons (Fsp3) is 0.360. The molecule has 1 aliphatic carbocycles. The lowest BCUT2D eigenvalue weighted by Gasteiger charge is -2.47. The highest BCUT2D eigenvalue weighted by Crippen LogP contribution is 2.57. The number of hydrogen-bond donors (Lipinski definition) is 2. The molecule has 6 nitrogen and oxygen atoms in total. The van der Waals surface area contributed by atoms with Crippen molar-refractivity contribution in [2.75, 3.05) is 26.4 Å². The Kier molecular flexibility index (Phi) is 11.1. The van der Waals surface area contributed by atoms with E-state index < -0.39 is 11.2 Å². The van der Waals surface area contributed by atoms with Gasteiger partial charge in [-0.15, -0.1) is 0 Å². The highest BCUT2D eigenvalue weighted by Gasteiger charge is 2.53. The maximum atomic E-state index is 14.0. The molecule has 0 heterocycles.